The van der Waals surface area contributed by atoms with E-state index < -0.39 is 0 Å². The van der Waals surface area contributed by atoms with Crippen molar-refractivity contribution in [2.75, 3.05) is 0 Å². The highest BCUT2D eigenvalue weighted by molar-refractivity contribution is 6.17. The van der Waals surface area contributed by atoms with Crippen LogP contribution in [0.2, 0.25) is 0 Å². The van der Waals surface area contributed by atoms with E-state index in [9.17, 15) is 0 Å². The quantitative estimate of drug-likeness (QED) is 0.554. The van der Waals surface area contributed by atoms with Crippen molar-refractivity contribution in [3.8, 4) is 0 Å². The maximum atomic E-state index is 5.36. The molecule has 0 bridgehead atoms. The first kappa shape index (κ1) is 11.8. The van der Waals surface area contributed by atoms with Crippen molar-refractivity contribution in [2.45, 2.75) is 13.2 Å². The van der Waals surface area contributed by atoms with E-state index in [1.165, 1.54) is 0 Å². The molecule has 4 nitrogen and oxygen atoms in total. The van der Waals surface area contributed by atoms with Crippen LogP contribution in [0.4, 0.5) is 0 Å². The van der Waals surface area contributed by atoms with Crippen molar-refractivity contribution >= 4 is 7.69 Å². The van der Waals surface area contributed by atoms with Gasteiger partial charge in [-0.1, -0.05) is 12.1 Å². The highest BCUT2D eigenvalue weighted by atomic mass is 16.6. The molecule has 2 heterocycles. The Bertz CT molecular complexity index is 384. The third-order valence-corrected chi connectivity index (χ3v) is 2.15. The molecule has 0 radical (unpaired) electrons. The van der Waals surface area contributed by atoms with Crippen LogP contribution in [-0.2, 0) is 22.5 Å². The van der Waals surface area contributed by atoms with Gasteiger partial charge in [-0.25, -0.2) is 0 Å². The van der Waals surface area contributed by atoms with Gasteiger partial charge in [0.25, 0.3) is 0 Å². The molecule has 2 aromatic rings. The molecule has 0 amide bonds. The standard InChI is InChI=1S/C12H13BN2O2/c1-3-11(7-14-5-1)9-16-13-17-10-12-4-2-6-15-8-12/h1-8,13H,9-10H2. The second kappa shape index (κ2) is 6.78. The minimum Gasteiger partial charge on any atom is -0.410 e. The number of rotatable bonds is 6. The highest BCUT2D eigenvalue weighted by Gasteiger charge is 1.96. The largest absolute Gasteiger partial charge is 0.438 e. The van der Waals surface area contributed by atoms with Gasteiger partial charge >= 0.3 is 7.69 Å². The molecule has 0 aliphatic heterocycles. The van der Waals surface area contributed by atoms with Crippen LogP contribution in [0.25, 0.3) is 0 Å². The summed E-state index contributed by atoms with van der Waals surface area (Å²) in [4.78, 5) is 8.00. The predicted molar refractivity (Wildman–Crippen MR) is 65.2 cm³/mol. The molecule has 17 heavy (non-hydrogen) atoms. The lowest BCUT2D eigenvalue weighted by atomic mass is 10.3. The van der Waals surface area contributed by atoms with Crippen molar-refractivity contribution in [2.24, 2.45) is 0 Å². The zero-order chi connectivity index (χ0) is 11.8. The molecular formula is C12H13BN2O2. The fourth-order valence-corrected chi connectivity index (χ4v) is 1.34. The molecule has 0 aliphatic carbocycles. The maximum Gasteiger partial charge on any atom is 0.438 e. The zero-order valence-corrected chi connectivity index (χ0v) is 9.45. The Hall–Kier alpha value is -1.72. The normalized spacial score (nSPS) is 10.1. The van der Waals surface area contributed by atoms with Gasteiger partial charge in [-0.05, 0) is 23.3 Å². The summed E-state index contributed by atoms with van der Waals surface area (Å²) in [5.74, 6) is 0. The summed E-state index contributed by atoms with van der Waals surface area (Å²) < 4.78 is 10.7. The van der Waals surface area contributed by atoms with Crippen LogP contribution < -0.4 is 0 Å². The lowest BCUT2D eigenvalue weighted by Gasteiger charge is -2.04. The molecule has 86 valence electrons. The van der Waals surface area contributed by atoms with Gasteiger partial charge in [0.05, 0.1) is 13.2 Å². The second-order valence-corrected chi connectivity index (χ2v) is 3.54. The SMILES string of the molecule is B(OCc1cccnc1)OCc1cccnc1. The van der Waals surface area contributed by atoms with E-state index in [-0.39, 0.29) is 7.69 Å². The van der Waals surface area contributed by atoms with Crippen molar-refractivity contribution in [3.05, 3.63) is 60.2 Å². The number of nitrogens with zero attached hydrogens (tertiary/aromatic N) is 2. The van der Waals surface area contributed by atoms with Crippen LogP contribution in [0.15, 0.2) is 49.1 Å². The van der Waals surface area contributed by atoms with Crippen LogP contribution in [-0.4, -0.2) is 17.7 Å². The molecular weight excluding hydrogens is 215 g/mol. The van der Waals surface area contributed by atoms with Gasteiger partial charge in [-0.2, -0.15) is 0 Å². The number of hydrogen-bond donors (Lipinski definition) is 0. The van der Waals surface area contributed by atoms with Gasteiger partial charge < -0.3 is 9.31 Å². The first-order valence-corrected chi connectivity index (χ1v) is 5.38. The lowest BCUT2D eigenvalue weighted by Crippen LogP contribution is -2.05. The van der Waals surface area contributed by atoms with E-state index in [1.54, 1.807) is 24.8 Å². The van der Waals surface area contributed by atoms with Crippen molar-refractivity contribution in [3.63, 3.8) is 0 Å². The summed E-state index contributed by atoms with van der Waals surface area (Å²) in [6.07, 6.45) is 7.03. The fraction of sp³-hybridized carbons (Fsp3) is 0.167. The van der Waals surface area contributed by atoms with Gasteiger partial charge in [-0.3, -0.25) is 9.97 Å². The zero-order valence-electron chi connectivity index (χ0n) is 9.45. The van der Waals surface area contributed by atoms with Crippen molar-refractivity contribution in [1.82, 2.24) is 9.97 Å². The Morgan fingerprint density at radius 3 is 1.82 bits per heavy atom. The summed E-state index contributed by atoms with van der Waals surface area (Å²) in [5, 5.41) is 0. The monoisotopic (exact) mass is 228 g/mol. The second-order valence-electron chi connectivity index (χ2n) is 3.54. The van der Waals surface area contributed by atoms with Crippen molar-refractivity contribution < 1.29 is 9.31 Å². The van der Waals surface area contributed by atoms with Gasteiger partial charge in [0.2, 0.25) is 0 Å². The van der Waals surface area contributed by atoms with Crippen LogP contribution in [0.3, 0.4) is 0 Å². The molecule has 0 fully saturated rings. The highest BCUT2D eigenvalue weighted by Crippen LogP contribution is 1.99. The smallest absolute Gasteiger partial charge is 0.410 e. The molecule has 2 aromatic heterocycles. The van der Waals surface area contributed by atoms with Gasteiger partial charge in [-0.15, -0.1) is 0 Å². The average molecular weight is 228 g/mol. The lowest BCUT2D eigenvalue weighted by molar-refractivity contribution is 0.207. The topological polar surface area (TPSA) is 44.2 Å². The fourth-order valence-electron chi connectivity index (χ4n) is 1.34. The Morgan fingerprint density at radius 2 is 1.41 bits per heavy atom. The molecule has 0 unspecified atom stereocenters. The summed E-state index contributed by atoms with van der Waals surface area (Å²) in [7, 11) is 0.268. The Balaban J connectivity index is 1.61. The molecule has 0 N–H and O–H groups in total. The van der Waals surface area contributed by atoms with E-state index >= 15 is 0 Å². The van der Waals surface area contributed by atoms with Crippen LogP contribution in [0, 0.1) is 0 Å². The van der Waals surface area contributed by atoms with E-state index in [4.69, 9.17) is 9.31 Å². The molecule has 0 atom stereocenters. The first-order chi connectivity index (χ1) is 8.45. The number of pyridine rings is 2. The van der Waals surface area contributed by atoms with Gasteiger partial charge in [0.15, 0.2) is 0 Å². The molecule has 5 heteroatoms. The Kier molecular flexibility index (Phi) is 4.69. The molecule has 0 aromatic carbocycles. The molecule has 2 rings (SSSR count). The first-order valence-electron chi connectivity index (χ1n) is 5.38. The third-order valence-electron chi connectivity index (χ3n) is 2.15. The van der Waals surface area contributed by atoms with E-state index in [1.807, 2.05) is 24.3 Å². The van der Waals surface area contributed by atoms with Crippen LogP contribution >= 0.6 is 0 Å². The minimum absolute atomic E-state index is 0.268. The molecule has 0 spiro atoms. The average Bonchev–Trinajstić information content (AvgIpc) is 2.41. The predicted octanol–water partition coefficient (Wildman–Crippen LogP) is 1.48. The summed E-state index contributed by atoms with van der Waals surface area (Å²) in [6.45, 7) is 1.03. The molecule has 0 aliphatic rings. The van der Waals surface area contributed by atoms with Crippen LogP contribution in [0.1, 0.15) is 11.1 Å². The Labute approximate surface area is 101 Å². The number of hydrogen-bond acceptors (Lipinski definition) is 4. The van der Waals surface area contributed by atoms with Crippen LogP contribution in [0.5, 0.6) is 0 Å². The number of aromatic nitrogens is 2. The summed E-state index contributed by atoms with van der Waals surface area (Å²) in [6, 6.07) is 7.70. The van der Waals surface area contributed by atoms with Gasteiger partial charge in [0, 0.05) is 24.8 Å². The summed E-state index contributed by atoms with van der Waals surface area (Å²) >= 11 is 0. The third kappa shape index (κ3) is 4.34. The van der Waals surface area contributed by atoms with Gasteiger partial charge in [0.1, 0.15) is 0 Å². The van der Waals surface area contributed by atoms with E-state index in [0.29, 0.717) is 13.2 Å². The van der Waals surface area contributed by atoms with E-state index in [0.717, 1.165) is 11.1 Å². The summed E-state index contributed by atoms with van der Waals surface area (Å²) in [5.41, 5.74) is 2.08. The van der Waals surface area contributed by atoms with Crippen molar-refractivity contribution in [1.29, 1.82) is 0 Å². The molecule has 0 saturated heterocycles. The maximum absolute atomic E-state index is 5.36. The molecule has 0 saturated carbocycles. The Morgan fingerprint density at radius 1 is 0.882 bits per heavy atom. The van der Waals surface area contributed by atoms with E-state index in [2.05, 4.69) is 9.97 Å². The minimum atomic E-state index is 0.268.